The summed E-state index contributed by atoms with van der Waals surface area (Å²) in [5.41, 5.74) is 0.973. The van der Waals surface area contributed by atoms with E-state index in [1.54, 1.807) is 6.20 Å². The number of nitrogens with one attached hydrogen (secondary N) is 1. The van der Waals surface area contributed by atoms with Gasteiger partial charge in [0.05, 0.1) is 11.7 Å². The molecular formula is C15H23N3O. The molecule has 2 rings (SSSR count). The second-order valence-electron chi connectivity index (χ2n) is 5.25. The third-order valence-electron chi connectivity index (χ3n) is 3.67. The van der Waals surface area contributed by atoms with Gasteiger partial charge in [0.25, 0.3) is 0 Å². The van der Waals surface area contributed by atoms with Gasteiger partial charge < -0.3 is 4.90 Å². The Labute approximate surface area is 115 Å². The topological polar surface area (TPSA) is 45.2 Å². The summed E-state index contributed by atoms with van der Waals surface area (Å²) in [6.45, 7) is 5.80. The molecule has 0 radical (unpaired) electrons. The first-order valence-electron chi connectivity index (χ1n) is 7.14. The number of carbonyl (C=O) groups is 1. The average Bonchev–Trinajstić information content (AvgIpc) is 2.48. The Morgan fingerprint density at radius 1 is 1.26 bits per heavy atom. The molecule has 1 fully saturated rings. The zero-order valence-electron chi connectivity index (χ0n) is 11.8. The molecule has 1 N–H and O–H groups in total. The largest absolute Gasteiger partial charge is 0.341 e. The van der Waals surface area contributed by atoms with Crippen molar-refractivity contribution in [3.05, 3.63) is 30.1 Å². The number of amides is 1. The molecule has 1 saturated heterocycles. The first-order chi connectivity index (χ1) is 9.18. The van der Waals surface area contributed by atoms with Gasteiger partial charge in [-0.1, -0.05) is 6.07 Å². The third-order valence-corrected chi connectivity index (χ3v) is 3.67. The van der Waals surface area contributed by atoms with Crippen LogP contribution in [0.25, 0.3) is 0 Å². The highest BCUT2D eigenvalue weighted by Gasteiger charge is 2.23. The molecule has 0 saturated carbocycles. The van der Waals surface area contributed by atoms with Crippen molar-refractivity contribution in [1.29, 1.82) is 0 Å². The lowest BCUT2D eigenvalue weighted by Gasteiger charge is -2.30. The predicted octanol–water partition coefficient (Wildman–Crippen LogP) is 2.13. The van der Waals surface area contributed by atoms with E-state index >= 15 is 0 Å². The van der Waals surface area contributed by atoms with Gasteiger partial charge in [-0.25, -0.2) is 0 Å². The molecule has 0 spiro atoms. The Balaban J connectivity index is 1.89. The highest BCUT2D eigenvalue weighted by molar-refractivity contribution is 5.81. The van der Waals surface area contributed by atoms with Crippen LogP contribution in [0.4, 0.5) is 0 Å². The van der Waals surface area contributed by atoms with Crippen LogP contribution in [0.2, 0.25) is 0 Å². The summed E-state index contributed by atoms with van der Waals surface area (Å²) in [5, 5.41) is 3.34. The molecule has 2 atom stereocenters. The molecule has 104 valence electrons. The molecule has 1 aromatic rings. The molecule has 1 aromatic heterocycles. The summed E-state index contributed by atoms with van der Waals surface area (Å²) < 4.78 is 0. The van der Waals surface area contributed by atoms with Gasteiger partial charge in [0, 0.05) is 25.3 Å². The summed E-state index contributed by atoms with van der Waals surface area (Å²) in [5.74, 6) is 0.211. The van der Waals surface area contributed by atoms with E-state index < -0.39 is 0 Å². The first kappa shape index (κ1) is 14.0. The molecule has 19 heavy (non-hydrogen) atoms. The minimum absolute atomic E-state index is 0.0879. The number of likely N-dealkylation sites (tertiary alicyclic amines) is 1. The fourth-order valence-corrected chi connectivity index (χ4v) is 2.55. The molecule has 2 unspecified atom stereocenters. The molecular weight excluding hydrogens is 238 g/mol. The number of hydrogen-bond donors (Lipinski definition) is 1. The molecule has 1 aliphatic rings. The highest BCUT2D eigenvalue weighted by Crippen LogP contribution is 2.13. The number of carbonyl (C=O) groups excluding carboxylic acids is 1. The fraction of sp³-hybridized carbons (Fsp3) is 0.600. The molecule has 4 nitrogen and oxygen atoms in total. The van der Waals surface area contributed by atoms with Crippen LogP contribution < -0.4 is 5.32 Å². The van der Waals surface area contributed by atoms with Crippen LogP contribution in [0, 0.1) is 0 Å². The van der Waals surface area contributed by atoms with Gasteiger partial charge in [0.1, 0.15) is 0 Å². The van der Waals surface area contributed by atoms with Crippen LogP contribution in [-0.2, 0) is 4.79 Å². The SMILES string of the molecule is CC(NC(C)c1ccccn1)C(=O)N1CCCCC1. The van der Waals surface area contributed by atoms with Gasteiger partial charge in [0.2, 0.25) is 5.91 Å². The lowest BCUT2D eigenvalue weighted by Crippen LogP contribution is -2.47. The van der Waals surface area contributed by atoms with Crippen LogP contribution in [0.5, 0.6) is 0 Å². The quantitative estimate of drug-likeness (QED) is 0.903. The van der Waals surface area contributed by atoms with E-state index in [-0.39, 0.29) is 18.0 Å². The minimum Gasteiger partial charge on any atom is -0.341 e. The van der Waals surface area contributed by atoms with E-state index in [0.29, 0.717) is 0 Å². The van der Waals surface area contributed by atoms with E-state index in [1.165, 1.54) is 6.42 Å². The number of hydrogen-bond acceptors (Lipinski definition) is 3. The summed E-state index contributed by atoms with van der Waals surface area (Å²) in [7, 11) is 0. The van der Waals surface area contributed by atoms with Crippen LogP contribution in [-0.4, -0.2) is 34.9 Å². The molecule has 0 aliphatic carbocycles. The molecule has 1 aliphatic heterocycles. The standard InChI is InChI=1S/C15H23N3O/c1-12(14-8-4-5-9-16-14)17-13(2)15(19)18-10-6-3-7-11-18/h4-5,8-9,12-13,17H,3,6-7,10-11H2,1-2H3. The normalized spacial score (nSPS) is 18.9. The maximum absolute atomic E-state index is 12.3. The van der Waals surface area contributed by atoms with Gasteiger partial charge in [-0.15, -0.1) is 0 Å². The number of piperidine rings is 1. The van der Waals surface area contributed by atoms with E-state index in [0.717, 1.165) is 31.6 Å². The predicted molar refractivity (Wildman–Crippen MR) is 75.7 cm³/mol. The fourth-order valence-electron chi connectivity index (χ4n) is 2.55. The molecule has 0 bridgehead atoms. The van der Waals surface area contributed by atoms with Crippen molar-refractivity contribution in [3.8, 4) is 0 Å². The van der Waals surface area contributed by atoms with Crippen molar-refractivity contribution in [2.24, 2.45) is 0 Å². The van der Waals surface area contributed by atoms with E-state index in [1.807, 2.05) is 36.9 Å². The lowest BCUT2D eigenvalue weighted by atomic mass is 10.1. The lowest BCUT2D eigenvalue weighted by molar-refractivity contribution is -0.134. The molecule has 4 heteroatoms. The van der Waals surface area contributed by atoms with Crippen molar-refractivity contribution in [3.63, 3.8) is 0 Å². The number of nitrogens with zero attached hydrogens (tertiary/aromatic N) is 2. The van der Waals surface area contributed by atoms with Crippen LogP contribution in [0.1, 0.15) is 44.8 Å². The van der Waals surface area contributed by atoms with Crippen molar-refractivity contribution in [2.45, 2.75) is 45.2 Å². The minimum atomic E-state index is -0.157. The number of aromatic nitrogens is 1. The summed E-state index contributed by atoms with van der Waals surface area (Å²) in [6, 6.07) is 5.78. The van der Waals surface area contributed by atoms with E-state index in [9.17, 15) is 4.79 Å². The van der Waals surface area contributed by atoms with Crippen molar-refractivity contribution < 1.29 is 4.79 Å². The molecule has 1 amide bonds. The van der Waals surface area contributed by atoms with E-state index in [4.69, 9.17) is 0 Å². The van der Waals surface area contributed by atoms with E-state index in [2.05, 4.69) is 10.3 Å². The Hall–Kier alpha value is -1.42. The van der Waals surface area contributed by atoms with Crippen LogP contribution >= 0.6 is 0 Å². The highest BCUT2D eigenvalue weighted by atomic mass is 16.2. The van der Waals surface area contributed by atoms with Gasteiger partial charge >= 0.3 is 0 Å². The zero-order valence-corrected chi connectivity index (χ0v) is 11.8. The van der Waals surface area contributed by atoms with Crippen molar-refractivity contribution >= 4 is 5.91 Å². The first-order valence-corrected chi connectivity index (χ1v) is 7.14. The Kier molecular flexibility index (Phi) is 4.91. The third kappa shape index (κ3) is 3.77. The monoisotopic (exact) mass is 261 g/mol. The second-order valence-corrected chi connectivity index (χ2v) is 5.25. The Morgan fingerprint density at radius 2 is 2.00 bits per heavy atom. The smallest absolute Gasteiger partial charge is 0.239 e. The second kappa shape index (κ2) is 6.66. The Bertz CT molecular complexity index is 401. The van der Waals surface area contributed by atoms with Crippen molar-refractivity contribution in [2.75, 3.05) is 13.1 Å². The molecule has 2 heterocycles. The Morgan fingerprint density at radius 3 is 2.63 bits per heavy atom. The van der Waals surface area contributed by atoms with Crippen LogP contribution in [0.15, 0.2) is 24.4 Å². The summed E-state index contributed by atoms with van der Waals surface area (Å²) in [6.07, 6.45) is 5.29. The molecule has 0 aromatic carbocycles. The maximum atomic E-state index is 12.3. The van der Waals surface area contributed by atoms with Gasteiger partial charge in [-0.3, -0.25) is 15.1 Å². The van der Waals surface area contributed by atoms with Crippen molar-refractivity contribution in [1.82, 2.24) is 15.2 Å². The maximum Gasteiger partial charge on any atom is 0.239 e. The average molecular weight is 261 g/mol. The van der Waals surface area contributed by atoms with Gasteiger partial charge in [-0.05, 0) is 45.2 Å². The summed E-state index contributed by atoms with van der Waals surface area (Å²) in [4.78, 5) is 18.6. The summed E-state index contributed by atoms with van der Waals surface area (Å²) >= 11 is 0. The van der Waals surface area contributed by atoms with Crippen LogP contribution in [0.3, 0.4) is 0 Å². The van der Waals surface area contributed by atoms with Gasteiger partial charge in [0.15, 0.2) is 0 Å². The number of pyridine rings is 1. The van der Waals surface area contributed by atoms with Gasteiger partial charge in [-0.2, -0.15) is 0 Å². The number of rotatable bonds is 4. The zero-order chi connectivity index (χ0) is 13.7.